The van der Waals surface area contributed by atoms with Crippen molar-refractivity contribution in [3.63, 3.8) is 0 Å². The van der Waals surface area contributed by atoms with E-state index in [1.54, 1.807) is 0 Å². The molecule has 0 aromatic heterocycles. The second-order valence-electron chi connectivity index (χ2n) is 5.35. The molecule has 0 amide bonds. The Bertz CT molecular complexity index is 383. The Morgan fingerprint density at radius 1 is 1.17 bits per heavy atom. The van der Waals surface area contributed by atoms with Crippen molar-refractivity contribution in [1.82, 2.24) is 4.90 Å². The first-order valence-corrected chi connectivity index (χ1v) is 7.63. The highest BCUT2D eigenvalue weighted by atomic mass is 35.5. The third-order valence-electron chi connectivity index (χ3n) is 3.91. The summed E-state index contributed by atoms with van der Waals surface area (Å²) in [6, 6.07) is 7.14. The highest BCUT2D eigenvalue weighted by Gasteiger charge is 2.23. The summed E-state index contributed by atoms with van der Waals surface area (Å²) >= 11 is 6.06. The predicted molar refractivity (Wildman–Crippen MR) is 79.4 cm³/mol. The quantitative estimate of drug-likeness (QED) is 0.766. The Morgan fingerprint density at radius 2 is 1.89 bits per heavy atom. The molecule has 0 spiro atoms. The van der Waals surface area contributed by atoms with Crippen LogP contribution in [0.2, 0.25) is 5.02 Å². The van der Waals surface area contributed by atoms with Crippen LogP contribution in [0.15, 0.2) is 18.2 Å². The molecule has 1 aliphatic carbocycles. The highest BCUT2D eigenvalue weighted by Crippen LogP contribution is 2.27. The van der Waals surface area contributed by atoms with Gasteiger partial charge in [0.25, 0.3) is 0 Å². The fourth-order valence-electron chi connectivity index (χ4n) is 3.07. The van der Waals surface area contributed by atoms with Crippen LogP contribution in [-0.4, -0.2) is 24.0 Å². The Kier molecular flexibility index (Phi) is 5.08. The van der Waals surface area contributed by atoms with Gasteiger partial charge in [-0.05, 0) is 68.5 Å². The second kappa shape index (κ2) is 6.58. The fourth-order valence-corrected chi connectivity index (χ4v) is 3.26. The highest BCUT2D eigenvalue weighted by molar-refractivity contribution is 6.30. The summed E-state index contributed by atoms with van der Waals surface area (Å²) in [6.45, 7) is 7.03. The molecule has 100 valence electrons. The smallest absolute Gasteiger partial charge is 0.0408 e. The van der Waals surface area contributed by atoms with Crippen molar-refractivity contribution in [2.24, 2.45) is 0 Å². The van der Waals surface area contributed by atoms with E-state index in [9.17, 15) is 0 Å². The average molecular weight is 266 g/mol. The molecule has 2 rings (SSSR count). The summed E-state index contributed by atoms with van der Waals surface area (Å²) in [5.41, 5.74) is 2.97. The van der Waals surface area contributed by atoms with E-state index in [0.717, 1.165) is 11.1 Å². The summed E-state index contributed by atoms with van der Waals surface area (Å²) < 4.78 is 0. The fraction of sp³-hybridized carbons (Fsp3) is 0.625. The van der Waals surface area contributed by atoms with Crippen molar-refractivity contribution in [2.45, 2.75) is 52.0 Å². The van der Waals surface area contributed by atoms with Gasteiger partial charge in [0.05, 0.1) is 0 Å². The van der Waals surface area contributed by atoms with Gasteiger partial charge < -0.3 is 4.90 Å². The SMILES string of the molecule is CCCN(CCC)C1CCc2cc(Cl)ccc2C1. The van der Waals surface area contributed by atoms with Gasteiger partial charge in [0.1, 0.15) is 0 Å². The van der Waals surface area contributed by atoms with Crippen LogP contribution in [0.5, 0.6) is 0 Å². The Balaban J connectivity index is 2.07. The number of halogens is 1. The monoisotopic (exact) mass is 265 g/mol. The zero-order valence-electron chi connectivity index (χ0n) is 11.6. The van der Waals surface area contributed by atoms with Gasteiger partial charge in [0, 0.05) is 11.1 Å². The van der Waals surface area contributed by atoms with Gasteiger partial charge in [-0.3, -0.25) is 0 Å². The van der Waals surface area contributed by atoms with Crippen LogP contribution in [0, 0.1) is 0 Å². The van der Waals surface area contributed by atoms with E-state index in [4.69, 9.17) is 11.6 Å². The van der Waals surface area contributed by atoms with E-state index in [2.05, 4.69) is 30.9 Å². The molecule has 0 N–H and O–H groups in total. The largest absolute Gasteiger partial charge is 0.300 e. The van der Waals surface area contributed by atoms with Gasteiger partial charge in [-0.2, -0.15) is 0 Å². The zero-order valence-corrected chi connectivity index (χ0v) is 12.3. The van der Waals surface area contributed by atoms with Crippen molar-refractivity contribution >= 4 is 11.6 Å². The number of benzene rings is 1. The van der Waals surface area contributed by atoms with Crippen LogP contribution in [0.1, 0.15) is 44.2 Å². The minimum absolute atomic E-state index is 0.735. The van der Waals surface area contributed by atoms with Crippen molar-refractivity contribution in [2.75, 3.05) is 13.1 Å². The van der Waals surface area contributed by atoms with Crippen LogP contribution < -0.4 is 0 Å². The molecule has 1 nitrogen and oxygen atoms in total. The number of fused-ring (bicyclic) bond motifs is 1. The molecule has 1 aliphatic rings. The molecule has 1 aromatic carbocycles. The van der Waals surface area contributed by atoms with Crippen molar-refractivity contribution in [1.29, 1.82) is 0 Å². The number of aryl methyl sites for hydroxylation is 1. The first-order chi connectivity index (χ1) is 8.74. The topological polar surface area (TPSA) is 3.24 Å². The lowest BCUT2D eigenvalue weighted by molar-refractivity contribution is 0.180. The number of hydrogen-bond acceptors (Lipinski definition) is 1. The van der Waals surface area contributed by atoms with Gasteiger partial charge in [-0.15, -0.1) is 0 Å². The third kappa shape index (κ3) is 3.27. The number of rotatable bonds is 5. The maximum absolute atomic E-state index is 6.06. The van der Waals surface area contributed by atoms with Crippen LogP contribution in [-0.2, 0) is 12.8 Å². The average Bonchev–Trinajstić information content (AvgIpc) is 2.38. The molecule has 0 saturated heterocycles. The van der Waals surface area contributed by atoms with Gasteiger partial charge in [0.2, 0.25) is 0 Å². The zero-order chi connectivity index (χ0) is 13.0. The molecule has 0 heterocycles. The van der Waals surface area contributed by atoms with Crippen molar-refractivity contribution in [3.8, 4) is 0 Å². The molecule has 1 atom stereocenters. The predicted octanol–water partition coefficient (Wildman–Crippen LogP) is 4.32. The molecular formula is C16H24ClN. The number of hydrogen-bond donors (Lipinski definition) is 0. The summed E-state index contributed by atoms with van der Waals surface area (Å²) in [4.78, 5) is 2.68. The minimum atomic E-state index is 0.735. The van der Waals surface area contributed by atoms with E-state index in [-0.39, 0.29) is 0 Å². The molecule has 0 fully saturated rings. The van der Waals surface area contributed by atoms with Gasteiger partial charge >= 0.3 is 0 Å². The second-order valence-corrected chi connectivity index (χ2v) is 5.78. The Morgan fingerprint density at radius 3 is 2.56 bits per heavy atom. The molecule has 0 radical (unpaired) electrons. The third-order valence-corrected chi connectivity index (χ3v) is 4.14. The Labute approximate surface area is 116 Å². The summed E-state index contributed by atoms with van der Waals surface area (Å²) in [6.07, 6.45) is 6.18. The standard InChI is InChI=1S/C16H24ClN/c1-3-9-18(10-4-2)16-8-6-13-11-15(17)7-5-14(13)12-16/h5,7,11,16H,3-4,6,8-10,12H2,1-2H3. The van der Waals surface area contributed by atoms with Crippen LogP contribution in [0.25, 0.3) is 0 Å². The summed E-state index contributed by atoms with van der Waals surface area (Å²) in [7, 11) is 0. The first-order valence-electron chi connectivity index (χ1n) is 7.26. The molecular weight excluding hydrogens is 242 g/mol. The molecule has 1 aromatic rings. The van der Waals surface area contributed by atoms with Crippen LogP contribution in [0.3, 0.4) is 0 Å². The first kappa shape index (κ1) is 13.9. The van der Waals surface area contributed by atoms with E-state index in [0.29, 0.717) is 0 Å². The van der Waals surface area contributed by atoms with Gasteiger partial charge in [0.15, 0.2) is 0 Å². The molecule has 0 aliphatic heterocycles. The number of nitrogens with zero attached hydrogens (tertiary/aromatic N) is 1. The molecule has 2 heteroatoms. The summed E-state index contributed by atoms with van der Waals surface area (Å²) in [5.74, 6) is 0. The molecule has 1 unspecified atom stereocenters. The van der Waals surface area contributed by atoms with Crippen molar-refractivity contribution in [3.05, 3.63) is 34.3 Å². The lowest BCUT2D eigenvalue weighted by Gasteiger charge is -2.35. The van der Waals surface area contributed by atoms with Crippen LogP contribution in [0.4, 0.5) is 0 Å². The lowest BCUT2D eigenvalue weighted by Crippen LogP contribution is -2.40. The van der Waals surface area contributed by atoms with E-state index in [1.165, 1.54) is 56.3 Å². The van der Waals surface area contributed by atoms with Gasteiger partial charge in [-0.25, -0.2) is 0 Å². The lowest BCUT2D eigenvalue weighted by atomic mass is 9.87. The molecule has 0 bridgehead atoms. The van der Waals surface area contributed by atoms with E-state index >= 15 is 0 Å². The normalized spacial score (nSPS) is 19.0. The van der Waals surface area contributed by atoms with Crippen molar-refractivity contribution < 1.29 is 0 Å². The van der Waals surface area contributed by atoms with Gasteiger partial charge in [-0.1, -0.05) is 31.5 Å². The van der Waals surface area contributed by atoms with E-state index in [1.807, 2.05) is 6.07 Å². The minimum Gasteiger partial charge on any atom is -0.300 e. The molecule has 0 saturated carbocycles. The summed E-state index contributed by atoms with van der Waals surface area (Å²) in [5, 5.41) is 0.881. The maximum Gasteiger partial charge on any atom is 0.0408 e. The van der Waals surface area contributed by atoms with Crippen LogP contribution >= 0.6 is 11.6 Å². The Hall–Kier alpha value is -0.530. The van der Waals surface area contributed by atoms with E-state index < -0.39 is 0 Å². The molecule has 18 heavy (non-hydrogen) atoms. The maximum atomic E-state index is 6.06.